The first-order valence-electron chi connectivity index (χ1n) is 46.3. The Labute approximate surface area is 801 Å². The predicted octanol–water partition coefficient (Wildman–Crippen LogP) is 35.1. The van der Waals surface area contributed by atoms with Gasteiger partial charge in [-0.3, -0.25) is 0 Å². The van der Waals surface area contributed by atoms with Gasteiger partial charge in [0.05, 0.1) is 0 Å². The summed E-state index contributed by atoms with van der Waals surface area (Å²) in [4.78, 5) is 15.6. The summed E-state index contributed by atoms with van der Waals surface area (Å²) in [5.74, 6) is 0. The van der Waals surface area contributed by atoms with Crippen LogP contribution in [-0.2, 0) is 0 Å². The van der Waals surface area contributed by atoms with Gasteiger partial charge in [0.2, 0.25) is 0 Å². The summed E-state index contributed by atoms with van der Waals surface area (Å²) in [6.45, 7) is 0. The maximum absolute atomic E-state index is 2.28. The Morgan fingerprint density at radius 3 is 0.551 bits per heavy atom. The maximum atomic E-state index is 2.28. The van der Waals surface area contributed by atoms with E-state index in [0.29, 0.717) is 0 Å². The van der Waals surface area contributed by atoms with Crippen molar-refractivity contribution < 1.29 is 0 Å². The van der Waals surface area contributed by atoms with Crippen LogP contribution in [0.25, 0.3) is 97.3 Å². The number of benzene rings is 23. The van der Waals surface area contributed by atoms with Crippen LogP contribution in [0.2, 0.25) is 0 Å². The molecule has 0 saturated carbocycles. The highest BCUT2D eigenvalue weighted by Crippen LogP contribution is 2.39. The molecule has 0 heterocycles. The van der Waals surface area contributed by atoms with Gasteiger partial charge in [-0.15, -0.1) is 0 Å². The van der Waals surface area contributed by atoms with E-state index in [1.807, 2.05) is 36.4 Å². The van der Waals surface area contributed by atoms with Gasteiger partial charge in [-0.25, -0.2) is 0 Å². The molecule has 23 aromatic rings. The summed E-state index contributed by atoms with van der Waals surface area (Å²) in [7, 11) is 14.8. The standard InChI is InChI=1S/3C21H17N.C19H17N.2C17H15N.C13H13N/c1-22(20-14-6-10-16-8-2-4-12-18(16)20)21-15-7-11-17-9-3-5-13-19(17)21;1-22(20-12-10-16-6-2-4-8-18(16)14-20)21-13-11-17-7-3-5-9-19(17)15-21;1-22(19-14-13-16-7-2-3-9-18(16)15-19)21-12-6-10-17-8-4-5-11-20(17)21;1-20(18-10-6-3-7-11-18)19-14-12-17(13-15-19)16-8-4-2-5-9-16;1-18(15-10-3-2-4-11-15)17-13-7-9-14-8-5-6-12-16(14)17;1-18(16-9-3-2-4-10-16)17-12-11-14-7-5-6-8-15(14)13-17;1-14(12-8-4-2-5-9-12)13-10-6-3-7-11-13/h3*2-15H,1H3;2-15H,1H3;2*2-13H,1H3;2-11H,1H3. The third-order valence-electron chi connectivity index (χ3n) is 25.1. The lowest BCUT2D eigenvalue weighted by atomic mass is 10.1. The molecule has 0 saturated heterocycles. The molecule has 23 rings (SSSR count). The largest absolute Gasteiger partial charge is 0.345 e. The van der Waals surface area contributed by atoms with Crippen molar-refractivity contribution in [2.45, 2.75) is 0 Å². The third kappa shape index (κ3) is 22.3. The van der Waals surface area contributed by atoms with E-state index in [4.69, 9.17) is 0 Å². The number of rotatable bonds is 15. The van der Waals surface area contributed by atoms with Crippen molar-refractivity contribution in [1.82, 2.24) is 0 Å². The zero-order valence-corrected chi connectivity index (χ0v) is 78.1. The molecule has 0 aliphatic rings. The number of hydrogen-bond donors (Lipinski definition) is 0. The first-order valence-corrected chi connectivity index (χ1v) is 46.3. The van der Waals surface area contributed by atoms with Crippen LogP contribution in [0.5, 0.6) is 0 Å². The molecule has 0 bridgehead atoms. The number of fused-ring (bicyclic) bond motifs is 8. The van der Waals surface area contributed by atoms with Gasteiger partial charge in [-0.1, -0.05) is 400 Å². The highest BCUT2D eigenvalue weighted by atomic mass is 15.1. The van der Waals surface area contributed by atoms with Gasteiger partial charge in [0.15, 0.2) is 0 Å². The van der Waals surface area contributed by atoms with E-state index >= 15 is 0 Å². The molecule has 0 N–H and O–H groups in total. The van der Waals surface area contributed by atoms with Gasteiger partial charge >= 0.3 is 0 Å². The minimum Gasteiger partial charge on any atom is -0.345 e. The first-order chi connectivity index (χ1) is 66.9. The van der Waals surface area contributed by atoms with Crippen LogP contribution in [0.1, 0.15) is 0 Å². The quantitative estimate of drug-likeness (QED) is 0.101. The van der Waals surface area contributed by atoms with E-state index in [-0.39, 0.29) is 0 Å². The molecule has 0 aliphatic carbocycles. The average Bonchev–Trinajstić information content (AvgIpc) is 0.820. The summed E-state index contributed by atoms with van der Waals surface area (Å²) in [5.41, 5.74) is 19.4. The Balaban J connectivity index is 0.000000111. The van der Waals surface area contributed by atoms with Crippen LogP contribution in [0.15, 0.2) is 546 Å². The van der Waals surface area contributed by atoms with Gasteiger partial charge in [-0.2, -0.15) is 0 Å². The molecule has 7 nitrogen and oxygen atoms in total. The lowest BCUT2D eigenvalue weighted by Crippen LogP contribution is -2.10. The minimum absolute atomic E-state index is 1.19. The van der Waals surface area contributed by atoms with Crippen LogP contribution in [0, 0.1) is 0 Å². The second-order valence-corrected chi connectivity index (χ2v) is 33.6. The lowest BCUT2D eigenvalue weighted by Gasteiger charge is -2.23. The van der Waals surface area contributed by atoms with E-state index in [1.165, 1.54) is 177 Å². The number of hydrogen-bond acceptors (Lipinski definition) is 7. The van der Waals surface area contributed by atoms with Crippen LogP contribution in [-0.4, -0.2) is 49.3 Å². The van der Waals surface area contributed by atoms with Crippen LogP contribution >= 0.6 is 0 Å². The van der Waals surface area contributed by atoms with E-state index < -0.39 is 0 Å². The first kappa shape index (κ1) is 90.7. The average molecular weight is 1760 g/mol. The molecular formula is C129H111N7. The molecule has 662 valence electrons. The zero-order chi connectivity index (χ0) is 93.2. The highest BCUT2D eigenvalue weighted by molar-refractivity contribution is 6.03. The Kier molecular flexibility index (Phi) is 29.7. The van der Waals surface area contributed by atoms with Gasteiger partial charge in [-0.05, 0) is 221 Å². The monoisotopic (exact) mass is 1760 g/mol. The molecule has 0 unspecified atom stereocenters. The van der Waals surface area contributed by atoms with Gasteiger partial charge in [0.25, 0.3) is 0 Å². The van der Waals surface area contributed by atoms with Crippen molar-refractivity contribution in [3.63, 3.8) is 0 Å². The van der Waals surface area contributed by atoms with E-state index in [9.17, 15) is 0 Å². The number of para-hydroxylation sites is 5. The van der Waals surface area contributed by atoms with Gasteiger partial charge in [0, 0.05) is 151 Å². The van der Waals surface area contributed by atoms with Crippen LogP contribution < -0.4 is 34.3 Å². The van der Waals surface area contributed by atoms with E-state index in [1.54, 1.807) is 0 Å². The second kappa shape index (κ2) is 44.6. The molecule has 0 aliphatic heterocycles. The maximum Gasteiger partial charge on any atom is 0.0487 e. The molecule has 23 aromatic carbocycles. The molecule has 0 spiro atoms. The topological polar surface area (TPSA) is 22.7 Å². The molecule has 0 amide bonds. The molecular weight excluding hydrogens is 1650 g/mol. The fourth-order valence-electron chi connectivity index (χ4n) is 17.3. The van der Waals surface area contributed by atoms with Gasteiger partial charge in [0.1, 0.15) is 0 Å². The molecule has 0 fully saturated rings. The van der Waals surface area contributed by atoms with E-state index in [2.05, 4.69) is 593 Å². The van der Waals surface area contributed by atoms with Crippen molar-refractivity contribution in [2.75, 3.05) is 83.6 Å². The van der Waals surface area contributed by atoms with Crippen molar-refractivity contribution in [2.24, 2.45) is 0 Å². The van der Waals surface area contributed by atoms with Crippen molar-refractivity contribution in [1.29, 1.82) is 0 Å². The molecule has 0 aromatic heterocycles. The smallest absolute Gasteiger partial charge is 0.0487 e. The summed E-state index contributed by atoms with van der Waals surface area (Å²) >= 11 is 0. The summed E-state index contributed by atoms with van der Waals surface area (Å²) in [6, 6.07) is 191. The SMILES string of the molecule is CN(c1ccc2ccccc2c1)c1ccc2ccccc2c1.CN(c1ccc2ccccc2c1)c1cccc2ccccc12.CN(c1cccc2ccccc12)c1cccc2ccccc12.CN(c1ccccc1)c1ccc(-c2ccccc2)cc1.CN(c1ccccc1)c1ccc2ccccc2c1.CN(c1ccccc1)c1cccc2ccccc12.CN(c1ccccc1)c1ccccc1. The van der Waals surface area contributed by atoms with Gasteiger partial charge < -0.3 is 34.3 Å². The summed E-state index contributed by atoms with van der Waals surface area (Å²) < 4.78 is 0. The molecule has 7 heteroatoms. The summed E-state index contributed by atoms with van der Waals surface area (Å²) in [6.07, 6.45) is 0. The fraction of sp³-hybridized carbons (Fsp3) is 0.0543. The second-order valence-electron chi connectivity index (χ2n) is 33.6. The molecule has 0 atom stereocenters. The van der Waals surface area contributed by atoms with Crippen molar-refractivity contribution in [3.05, 3.63) is 546 Å². The number of anilines is 14. The normalized spacial score (nSPS) is 10.6. The predicted molar refractivity (Wildman–Crippen MR) is 592 cm³/mol. The Morgan fingerprint density at radius 1 is 0.103 bits per heavy atom. The molecule has 0 radical (unpaired) electrons. The fourth-order valence-corrected chi connectivity index (χ4v) is 17.3. The third-order valence-corrected chi connectivity index (χ3v) is 25.1. The Morgan fingerprint density at radius 2 is 0.272 bits per heavy atom. The summed E-state index contributed by atoms with van der Waals surface area (Å²) in [5, 5.41) is 20.4. The number of nitrogens with zero attached hydrogens (tertiary/aromatic N) is 7. The Bertz CT molecular complexity index is 7560. The molecule has 136 heavy (non-hydrogen) atoms. The van der Waals surface area contributed by atoms with Crippen molar-refractivity contribution >= 4 is 166 Å². The van der Waals surface area contributed by atoms with E-state index in [0.717, 1.165) is 0 Å². The zero-order valence-electron chi connectivity index (χ0n) is 78.1. The van der Waals surface area contributed by atoms with Crippen LogP contribution in [0.4, 0.5) is 79.6 Å². The van der Waals surface area contributed by atoms with Crippen molar-refractivity contribution in [3.8, 4) is 11.1 Å². The lowest BCUT2D eigenvalue weighted by molar-refractivity contribution is 1.21. The minimum atomic E-state index is 1.19. The van der Waals surface area contributed by atoms with Crippen LogP contribution in [0.3, 0.4) is 0 Å². The Hall–Kier alpha value is -17.3. The highest BCUT2D eigenvalue weighted by Gasteiger charge is 2.15.